The second kappa shape index (κ2) is 4.51. The van der Waals surface area contributed by atoms with Gasteiger partial charge >= 0.3 is 5.97 Å². The Bertz CT molecular complexity index is 386. The molecule has 0 saturated carbocycles. The lowest BCUT2D eigenvalue weighted by molar-refractivity contribution is -0.147. The summed E-state index contributed by atoms with van der Waals surface area (Å²) in [5, 5.41) is 18.2. The molecule has 1 atom stereocenters. The van der Waals surface area contributed by atoms with E-state index in [2.05, 4.69) is 0 Å². The topological polar surface area (TPSA) is 76.0 Å². The lowest BCUT2D eigenvalue weighted by Crippen LogP contribution is -2.38. The van der Waals surface area contributed by atoms with Gasteiger partial charge in [0.15, 0.2) is 6.10 Å². The SMILES string of the molecule is O=C(O)C(O)c1ccccc1OC1COC1. The molecule has 0 aromatic heterocycles. The van der Waals surface area contributed by atoms with E-state index in [1.54, 1.807) is 18.2 Å². The van der Waals surface area contributed by atoms with Crippen molar-refractivity contribution in [2.75, 3.05) is 13.2 Å². The number of aliphatic carboxylic acids is 1. The Kier molecular flexibility index (Phi) is 3.07. The first-order chi connectivity index (χ1) is 7.68. The van der Waals surface area contributed by atoms with E-state index in [0.29, 0.717) is 19.0 Å². The summed E-state index contributed by atoms with van der Waals surface area (Å²) in [5.74, 6) is -0.897. The molecule has 1 fully saturated rings. The van der Waals surface area contributed by atoms with E-state index in [1.165, 1.54) is 6.07 Å². The average molecular weight is 224 g/mol. The van der Waals surface area contributed by atoms with Crippen molar-refractivity contribution < 1.29 is 24.5 Å². The van der Waals surface area contributed by atoms with Crippen LogP contribution >= 0.6 is 0 Å². The zero-order valence-corrected chi connectivity index (χ0v) is 8.50. The van der Waals surface area contributed by atoms with Crippen LogP contribution in [0.3, 0.4) is 0 Å². The number of ether oxygens (including phenoxy) is 2. The maximum absolute atomic E-state index is 10.7. The molecule has 0 aliphatic carbocycles. The third-order valence-electron chi connectivity index (χ3n) is 2.35. The molecule has 1 unspecified atom stereocenters. The molecule has 1 aromatic carbocycles. The Morgan fingerprint density at radius 1 is 1.44 bits per heavy atom. The first-order valence-corrected chi connectivity index (χ1v) is 4.92. The van der Waals surface area contributed by atoms with E-state index < -0.39 is 12.1 Å². The maximum atomic E-state index is 10.7. The van der Waals surface area contributed by atoms with Gasteiger partial charge in [-0.15, -0.1) is 0 Å². The molecule has 0 bridgehead atoms. The van der Waals surface area contributed by atoms with Crippen LogP contribution in [0.4, 0.5) is 0 Å². The fraction of sp³-hybridized carbons (Fsp3) is 0.364. The van der Waals surface area contributed by atoms with Gasteiger partial charge in [0.05, 0.1) is 13.2 Å². The highest BCUT2D eigenvalue weighted by molar-refractivity contribution is 5.75. The van der Waals surface area contributed by atoms with Gasteiger partial charge in [0.2, 0.25) is 0 Å². The number of aliphatic hydroxyl groups is 1. The van der Waals surface area contributed by atoms with Crippen molar-refractivity contribution in [2.24, 2.45) is 0 Å². The lowest BCUT2D eigenvalue weighted by Gasteiger charge is -2.28. The van der Waals surface area contributed by atoms with Gasteiger partial charge in [0.25, 0.3) is 0 Å². The van der Waals surface area contributed by atoms with Crippen LogP contribution < -0.4 is 4.74 Å². The summed E-state index contributed by atoms with van der Waals surface area (Å²) in [6, 6.07) is 6.56. The van der Waals surface area contributed by atoms with Crippen molar-refractivity contribution in [3.05, 3.63) is 29.8 Å². The maximum Gasteiger partial charge on any atom is 0.337 e. The molecule has 86 valence electrons. The zero-order valence-electron chi connectivity index (χ0n) is 8.50. The minimum atomic E-state index is -1.56. The van der Waals surface area contributed by atoms with Crippen molar-refractivity contribution in [1.82, 2.24) is 0 Å². The van der Waals surface area contributed by atoms with Crippen molar-refractivity contribution in [3.8, 4) is 5.75 Å². The summed E-state index contributed by atoms with van der Waals surface area (Å²) in [5.41, 5.74) is 0.266. The number of rotatable bonds is 4. The fourth-order valence-corrected chi connectivity index (χ4v) is 1.41. The summed E-state index contributed by atoms with van der Waals surface area (Å²) < 4.78 is 10.5. The fourth-order valence-electron chi connectivity index (χ4n) is 1.41. The summed E-state index contributed by atoms with van der Waals surface area (Å²) in [6.07, 6.45) is -1.61. The Balaban J connectivity index is 2.18. The molecule has 0 spiro atoms. The zero-order chi connectivity index (χ0) is 11.5. The predicted molar refractivity (Wildman–Crippen MR) is 54.3 cm³/mol. The van der Waals surface area contributed by atoms with Crippen molar-refractivity contribution in [3.63, 3.8) is 0 Å². The largest absolute Gasteiger partial charge is 0.485 e. The molecule has 5 heteroatoms. The molecule has 5 nitrogen and oxygen atoms in total. The van der Waals surface area contributed by atoms with Crippen LogP contribution in [0.1, 0.15) is 11.7 Å². The van der Waals surface area contributed by atoms with E-state index in [9.17, 15) is 9.90 Å². The highest BCUT2D eigenvalue weighted by Crippen LogP contribution is 2.27. The number of para-hydroxylation sites is 1. The third-order valence-corrected chi connectivity index (χ3v) is 2.35. The lowest BCUT2D eigenvalue weighted by atomic mass is 10.1. The van der Waals surface area contributed by atoms with Gasteiger partial charge in [-0.1, -0.05) is 18.2 Å². The van der Waals surface area contributed by atoms with Gasteiger partial charge in [-0.2, -0.15) is 0 Å². The monoisotopic (exact) mass is 224 g/mol. The van der Waals surface area contributed by atoms with Crippen LogP contribution in [0.5, 0.6) is 5.75 Å². The van der Waals surface area contributed by atoms with Crippen LogP contribution in [0, 0.1) is 0 Å². The second-order valence-electron chi connectivity index (χ2n) is 3.56. The molecular formula is C11H12O5. The number of carboxylic acid groups (broad SMARTS) is 1. The first kappa shape index (κ1) is 10.9. The van der Waals surface area contributed by atoms with Crippen LogP contribution in [-0.4, -0.2) is 35.5 Å². The Hall–Kier alpha value is -1.59. The minimum absolute atomic E-state index is 0.0536. The highest BCUT2D eigenvalue weighted by atomic mass is 16.6. The van der Waals surface area contributed by atoms with Crippen LogP contribution in [-0.2, 0) is 9.53 Å². The van der Waals surface area contributed by atoms with Crippen LogP contribution in [0.15, 0.2) is 24.3 Å². The van der Waals surface area contributed by atoms with Crippen molar-refractivity contribution in [1.29, 1.82) is 0 Å². The van der Waals surface area contributed by atoms with E-state index in [0.717, 1.165) is 0 Å². The molecule has 2 N–H and O–H groups in total. The van der Waals surface area contributed by atoms with E-state index >= 15 is 0 Å². The van der Waals surface area contributed by atoms with Gasteiger partial charge in [-0.3, -0.25) is 0 Å². The number of benzene rings is 1. The first-order valence-electron chi connectivity index (χ1n) is 4.92. The number of hydrogen-bond donors (Lipinski definition) is 2. The van der Waals surface area contributed by atoms with Gasteiger partial charge in [0, 0.05) is 5.56 Å². The average Bonchev–Trinajstić information content (AvgIpc) is 2.23. The Morgan fingerprint density at radius 3 is 2.69 bits per heavy atom. The van der Waals surface area contributed by atoms with Crippen molar-refractivity contribution in [2.45, 2.75) is 12.2 Å². The Morgan fingerprint density at radius 2 is 2.12 bits per heavy atom. The summed E-state index contributed by atoms with van der Waals surface area (Å²) in [6.45, 7) is 0.995. The van der Waals surface area contributed by atoms with Gasteiger partial charge in [-0.25, -0.2) is 4.79 Å². The van der Waals surface area contributed by atoms with Gasteiger partial charge in [0.1, 0.15) is 11.9 Å². The minimum Gasteiger partial charge on any atom is -0.485 e. The quantitative estimate of drug-likeness (QED) is 0.782. The number of carboxylic acids is 1. The summed E-state index contributed by atoms with van der Waals surface area (Å²) in [7, 11) is 0. The van der Waals surface area contributed by atoms with Gasteiger partial charge in [-0.05, 0) is 6.07 Å². The smallest absolute Gasteiger partial charge is 0.337 e. The van der Waals surface area contributed by atoms with E-state index in [4.69, 9.17) is 14.6 Å². The summed E-state index contributed by atoms with van der Waals surface area (Å²) in [4.78, 5) is 10.7. The molecule has 1 aliphatic heterocycles. The van der Waals surface area contributed by atoms with E-state index in [-0.39, 0.29) is 11.7 Å². The second-order valence-corrected chi connectivity index (χ2v) is 3.56. The molecule has 16 heavy (non-hydrogen) atoms. The van der Waals surface area contributed by atoms with Crippen LogP contribution in [0.25, 0.3) is 0 Å². The molecule has 0 radical (unpaired) electrons. The number of hydrogen-bond acceptors (Lipinski definition) is 4. The van der Waals surface area contributed by atoms with Crippen LogP contribution in [0.2, 0.25) is 0 Å². The van der Waals surface area contributed by atoms with Crippen molar-refractivity contribution >= 4 is 5.97 Å². The molecule has 1 aliphatic rings. The summed E-state index contributed by atoms with van der Waals surface area (Å²) >= 11 is 0. The van der Waals surface area contributed by atoms with E-state index in [1.807, 2.05) is 0 Å². The third kappa shape index (κ3) is 2.15. The number of carbonyl (C=O) groups is 1. The molecule has 1 heterocycles. The molecular weight excluding hydrogens is 212 g/mol. The molecule has 0 amide bonds. The Labute approximate surface area is 92.2 Å². The number of aliphatic hydroxyl groups excluding tert-OH is 1. The molecule has 1 aromatic rings. The molecule has 2 rings (SSSR count). The predicted octanol–water partition coefficient (Wildman–Crippen LogP) is 0.582. The van der Waals surface area contributed by atoms with Gasteiger partial charge < -0.3 is 19.7 Å². The molecule has 1 saturated heterocycles. The standard InChI is InChI=1S/C11H12O5/c12-10(11(13)14)8-3-1-2-4-9(8)16-7-5-15-6-7/h1-4,7,10,12H,5-6H2,(H,13,14). The highest BCUT2D eigenvalue weighted by Gasteiger charge is 2.25. The normalized spacial score (nSPS) is 17.6.